The molecule has 0 N–H and O–H groups in total. The highest BCUT2D eigenvalue weighted by molar-refractivity contribution is 9.10. The van der Waals surface area contributed by atoms with Crippen molar-refractivity contribution in [1.82, 2.24) is 4.98 Å². The van der Waals surface area contributed by atoms with Crippen molar-refractivity contribution in [3.63, 3.8) is 0 Å². The quantitative estimate of drug-likeness (QED) is 0.679. The van der Waals surface area contributed by atoms with E-state index in [9.17, 15) is 8.78 Å². The zero-order valence-electron chi connectivity index (χ0n) is 11.6. The van der Waals surface area contributed by atoms with Crippen LogP contribution < -0.4 is 9.47 Å². The van der Waals surface area contributed by atoms with Gasteiger partial charge in [-0.25, -0.2) is 9.37 Å². The van der Waals surface area contributed by atoms with Crippen molar-refractivity contribution in [3.8, 4) is 23.0 Å². The summed E-state index contributed by atoms with van der Waals surface area (Å²) < 4.78 is 43.9. The highest BCUT2D eigenvalue weighted by atomic mass is 79.9. The molecule has 0 spiro atoms. The third-order valence-electron chi connectivity index (χ3n) is 3.15. The SMILES string of the molecule is COc1cc(Br)c2oc(-c3ccc(OC)c(F)c3F)nc2c1. The first-order valence-corrected chi connectivity index (χ1v) is 7.01. The molecule has 7 heteroatoms. The molecular weight excluding hydrogens is 360 g/mol. The van der Waals surface area contributed by atoms with Gasteiger partial charge in [-0.2, -0.15) is 4.39 Å². The van der Waals surface area contributed by atoms with Crippen molar-refractivity contribution in [3.05, 3.63) is 40.4 Å². The summed E-state index contributed by atoms with van der Waals surface area (Å²) >= 11 is 3.33. The molecule has 4 nitrogen and oxygen atoms in total. The van der Waals surface area contributed by atoms with Crippen molar-refractivity contribution in [1.29, 1.82) is 0 Å². The van der Waals surface area contributed by atoms with Crippen LogP contribution in [0, 0.1) is 11.6 Å². The van der Waals surface area contributed by atoms with Gasteiger partial charge in [-0.05, 0) is 34.1 Å². The molecule has 0 aliphatic rings. The molecule has 3 aromatic rings. The number of oxazole rings is 1. The highest BCUT2D eigenvalue weighted by Gasteiger charge is 2.20. The first-order valence-electron chi connectivity index (χ1n) is 6.21. The molecule has 1 heterocycles. The maximum Gasteiger partial charge on any atom is 0.230 e. The fraction of sp³-hybridized carbons (Fsp3) is 0.133. The van der Waals surface area contributed by atoms with Crippen LogP contribution in [0.1, 0.15) is 0 Å². The number of aromatic nitrogens is 1. The molecule has 0 saturated heterocycles. The monoisotopic (exact) mass is 369 g/mol. The Morgan fingerprint density at radius 2 is 1.86 bits per heavy atom. The van der Waals surface area contributed by atoms with Crippen LogP contribution in [0.15, 0.2) is 33.2 Å². The van der Waals surface area contributed by atoms with Gasteiger partial charge in [0.05, 0.1) is 24.3 Å². The van der Waals surface area contributed by atoms with Gasteiger partial charge in [0, 0.05) is 6.07 Å². The largest absolute Gasteiger partial charge is 0.497 e. The second kappa shape index (κ2) is 5.57. The van der Waals surface area contributed by atoms with Gasteiger partial charge in [-0.15, -0.1) is 0 Å². The molecule has 0 aliphatic heterocycles. The number of rotatable bonds is 3. The normalized spacial score (nSPS) is 11.0. The van der Waals surface area contributed by atoms with Crippen LogP contribution in [-0.4, -0.2) is 19.2 Å². The lowest BCUT2D eigenvalue weighted by Gasteiger charge is -2.04. The van der Waals surface area contributed by atoms with Crippen molar-refractivity contribution in [2.45, 2.75) is 0 Å². The van der Waals surface area contributed by atoms with Gasteiger partial charge in [0.15, 0.2) is 17.1 Å². The van der Waals surface area contributed by atoms with E-state index in [4.69, 9.17) is 13.9 Å². The number of fused-ring (bicyclic) bond motifs is 1. The molecule has 0 fully saturated rings. The van der Waals surface area contributed by atoms with E-state index in [0.717, 1.165) is 0 Å². The average Bonchev–Trinajstić information content (AvgIpc) is 2.94. The first-order chi connectivity index (χ1) is 10.5. The highest BCUT2D eigenvalue weighted by Crippen LogP contribution is 2.35. The van der Waals surface area contributed by atoms with Gasteiger partial charge in [0.25, 0.3) is 0 Å². The Balaban J connectivity index is 2.19. The molecule has 0 amide bonds. The maximum atomic E-state index is 14.1. The molecule has 0 aliphatic carbocycles. The summed E-state index contributed by atoms with van der Waals surface area (Å²) in [7, 11) is 2.79. The lowest BCUT2D eigenvalue weighted by molar-refractivity contribution is 0.372. The van der Waals surface area contributed by atoms with Crippen LogP contribution in [0.4, 0.5) is 8.78 Å². The Bertz CT molecular complexity index is 864. The minimum Gasteiger partial charge on any atom is -0.497 e. The fourth-order valence-corrected chi connectivity index (χ4v) is 2.57. The molecule has 1 aromatic heterocycles. The van der Waals surface area contributed by atoms with E-state index in [1.165, 1.54) is 26.4 Å². The van der Waals surface area contributed by atoms with Crippen molar-refractivity contribution in [2.24, 2.45) is 0 Å². The van der Waals surface area contributed by atoms with Crippen molar-refractivity contribution < 1.29 is 22.7 Å². The minimum absolute atomic E-state index is 0.0250. The third kappa shape index (κ3) is 2.31. The van der Waals surface area contributed by atoms with E-state index in [-0.39, 0.29) is 17.2 Å². The van der Waals surface area contributed by atoms with E-state index in [2.05, 4.69) is 20.9 Å². The number of ether oxygens (including phenoxy) is 2. The summed E-state index contributed by atoms with van der Waals surface area (Å²) in [5, 5.41) is 0. The van der Waals surface area contributed by atoms with Gasteiger partial charge < -0.3 is 13.9 Å². The van der Waals surface area contributed by atoms with Crippen molar-refractivity contribution >= 4 is 27.0 Å². The number of hydrogen-bond acceptors (Lipinski definition) is 4. The average molecular weight is 370 g/mol. The van der Waals surface area contributed by atoms with Gasteiger partial charge >= 0.3 is 0 Å². The summed E-state index contributed by atoms with van der Waals surface area (Å²) in [5.74, 6) is -1.79. The van der Waals surface area contributed by atoms with Gasteiger partial charge in [0.1, 0.15) is 11.3 Å². The molecule has 0 atom stereocenters. The second-order valence-corrected chi connectivity index (χ2v) is 5.27. The third-order valence-corrected chi connectivity index (χ3v) is 3.74. The number of benzene rings is 2. The van der Waals surface area contributed by atoms with E-state index in [1.807, 2.05) is 0 Å². The van der Waals surface area contributed by atoms with E-state index in [1.54, 1.807) is 12.1 Å². The second-order valence-electron chi connectivity index (χ2n) is 4.42. The zero-order chi connectivity index (χ0) is 15.9. The van der Waals surface area contributed by atoms with Crippen LogP contribution in [0.25, 0.3) is 22.6 Å². The summed E-state index contributed by atoms with van der Waals surface area (Å²) in [5.41, 5.74) is 0.809. The summed E-state index contributed by atoms with van der Waals surface area (Å²) in [6.07, 6.45) is 0. The maximum absolute atomic E-state index is 14.1. The van der Waals surface area contributed by atoms with Gasteiger partial charge in [-0.1, -0.05) is 0 Å². The molecular formula is C15H10BrF2NO3. The van der Waals surface area contributed by atoms with Crippen molar-refractivity contribution in [2.75, 3.05) is 14.2 Å². The minimum atomic E-state index is -1.08. The molecule has 114 valence electrons. The Morgan fingerprint density at radius 3 is 2.55 bits per heavy atom. The number of halogens is 3. The summed E-state index contributed by atoms with van der Waals surface area (Å²) in [6.45, 7) is 0. The molecule has 0 unspecified atom stereocenters. The Kier molecular flexibility index (Phi) is 3.74. The number of nitrogens with zero attached hydrogens (tertiary/aromatic N) is 1. The van der Waals surface area contributed by atoms with Gasteiger partial charge in [-0.3, -0.25) is 0 Å². The standard InChI is InChI=1S/C15H10BrF2NO3/c1-20-7-5-9(16)14-10(6-7)19-15(22-14)8-3-4-11(21-2)13(18)12(8)17/h3-6H,1-2H3. The molecule has 0 radical (unpaired) electrons. The van der Waals surface area contributed by atoms with Crippen LogP contribution in [0.5, 0.6) is 11.5 Å². The van der Waals surface area contributed by atoms with Gasteiger partial charge in [0.2, 0.25) is 11.7 Å². The Morgan fingerprint density at radius 1 is 1.09 bits per heavy atom. The zero-order valence-corrected chi connectivity index (χ0v) is 13.2. The lowest BCUT2D eigenvalue weighted by atomic mass is 10.2. The van der Waals surface area contributed by atoms with E-state index >= 15 is 0 Å². The Hall–Kier alpha value is -2.15. The smallest absolute Gasteiger partial charge is 0.230 e. The molecule has 0 bridgehead atoms. The summed E-state index contributed by atoms with van der Waals surface area (Å²) in [4.78, 5) is 4.19. The number of hydrogen-bond donors (Lipinski definition) is 0. The van der Waals surface area contributed by atoms with Crippen LogP contribution in [0.3, 0.4) is 0 Å². The molecule has 2 aromatic carbocycles. The lowest BCUT2D eigenvalue weighted by Crippen LogP contribution is -1.94. The predicted octanol–water partition coefficient (Wildman–Crippen LogP) is 4.55. The molecule has 22 heavy (non-hydrogen) atoms. The van der Waals surface area contributed by atoms with E-state index in [0.29, 0.717) is 21.3 Å². The topological polar surface area (TPSA) is 44.5 Å². The summed E-state index contributed by atoms with van der Waals surface area (Å²) in [6, 6.07) is 6.01. The van der Waals surface area contributed by atoms with E-state index < -0.39 is 11.6 Å². The number of methoxy groups -OCH3 is 2. The van der Waals surface area contributed by atoms with Crippen LogP contribution in [0.2, 0.25) is 0 Å². The van der Waals surface area contributed by atoms with Crippen LogP contribution >= 0.6 is 15.9 Å². The molecule has 3 rings (SSSR count). The van der Waals surface area contributed by atoms with Crippen LogP contribution in [-0.2, 0) is 0 Å². The Labute approximate surface area is 132 Å². The molecule has 0 saturated carbocycles. The predicted molar refractivity (Wildman–Crippen MR) is 80.2 cm³/mol. The first kappa shape index (κ1) is 14.8. The fourth-order valence-electron chi connectivity index (χ4n) is 2.06.